The molecule has 108 valence electrons. The van der Waals surface area contributed by atoms with E-state index >= 15 is 0 Å². The third-order valence-electron chi connectivity index (χ3n) is 4.16. The van der Waals surface area contributed by atoms with Crippen molar-refractivity contribution in [2.45, 2.75) is 37.6 Å². The monoisotopic (exact) mass is 275 g/mol. The number of aromatic amines is 1. The molecule has 3 N–H and O–H groups in total. The first-order valence-corrected chi connectivity index (χ1v) is 7.08. The van der Waals surface area contributed by atoms with Gasteiger partial charge in [-0.2, -0.15) is 0 Å². The standard InChI is InChI=1S/C15H21N3O2/c1-19-13-7-11-12(8-14(13)20-2)18-15(17-11)9-3-5-10(16)6-4-9/h7-10H,3-6,16H2,1-2H3,(H,17,18). The molecule has 0 atom stereocenters. The fourth-order valence-corrected chi connectivity index (χ4v) is 2.94. The molecule has 2 aromatic rings. The van der Waals surface area contributed by atoms with Gasteiger partial charge in [0.15, 0.2) is 11.5 Å². The number of H-pyrrole nitrogens is 1. The molecule has 0 aliphatic heterocycles. The van der Waals surface area contributed by atoms with Crippen LogP contribution in [0.4, 0.5) is 0 Å². The average molecular weight is 275 g/mol. The third-order valence-corrected chi connectivity index (χ3v) is 4.16. The van der Waals surface area contributed by atoms with Gasteiger partial charge in [-0.05, 0) is 25.7 Å². The SMILES string of the molecule is COc1cc2nc(C3CCC(N)CC3)[nH]c2cc1OC. The number of ether oxygens (including phenoxy) is 2. The number of nitrogens with one attached hydrogen (secondary N) is 1. The van der Waals surface area contributed by atoms with Gasteiger partial charge in [0.25, 0.3) is 0 Å². The number of hydrogen-bond donors (Lipinski definition) is 2. The first kappa shape index (κ1) is 13.2. The number of hydrogen-bond acceptors (Lipinski definition) is 4. The first-order chi connectivity index (χ1) is 9.71. The molecule has 0 radical (unpaired) electrons. The highest BCUT2D eigenvalue weighted by Crippen LogP contribution is 2.35. The highest BCUT2D eigenvalue weighted by molar-refractivity contribution is 5.79. The maximum absolute atomic E-state index is 5.96. The van der Waals surface area contributed by atoms with Gasteiger partial charge >= 0.3 is 0 Å². The summed E-state index contributed by atoms with van der Waals surface area (Å²) in [6.45, 7) is 0. The van der Waals surface area contributed by atoms with Gasteiger partial charge in [-0.3, -0.25) is 0 Å². The molecule has 1 aliphatic carbocycles. The molecule has 1 heterocycles. The average Bonchev–Trinajstić information content (AvgIpc) is 2.89. The summed E-state index contributed by atoms with van der Waals surface area (Å²) in [5.74, 6) is 2.98. The zero-order chi connectivity index (χ0) is 14.1. The third kappa shape index (κ3) is 2.33. The van der Waals surface area contributed by atoms with Crippen molar-refractivity contribution < 1.29 is 9.47 Å². The Morgan fingerprint density at radius 1 is 1.10 bits per heavy atom. The van der Waals surface area contributed by atoms with Crippen molar-refractivity contribution in [2.75, 3.05) is 14.2 Å². The van der Waals surface area contributed by atoms with E-state index in [0.29, 0.717) is 17.7 Å². The van der Waals surface area contributed by atoms with Crippen molar-refractivity contribution in [1.29, 1.82) is 0 Å². The van der Waals surface area contributed by atoms with E-state index in [4.69, 9.17) is 20.2 Å². The molecule has 1 aliphatic rings. The highest BCUT2D eigenvalue weighted by atomic mass is 16.5. The van der Waals surface area contributed by atoms with Crippen LogP contribution in [0.2, 0.25) is 0 Å². The van der Waals surface area contributed by atoms with Gasteiger partial charge < -0.3 is 20.2 Å². The summed E-state index contributed by atoms with van der Waals surface area (Å²) < 4.78 is 10.6. The molecule has 5 heteroatoms. The van der Waals surface area contributed by atoms with Crippen LogP contribution in [0.3, 0.4) is 0 Å². The first-order valence-electron chi connectivity index (χ1n) is 7.08. The maximum atomic E-state index is 5.96. The minimum absolute atomic E-state index is 0.357. The Balaban J connectivity index is 1.94. The Morgan fingerprint density at radius 3 is 2.40 bits per heavy atom. The molecule has 3 rings (SSSR count). The molecule has 1 aromatic carbocycles. The number of fused-ring (bicyclic) bond motifs is 1. The van der Waals surface area contributed by atoms with E-state index in [2.05, 4.69) is 4.98 Å². The van der Waals surface area contributed by atoms with Gasteiger partial charge in [-0.15, -0.1) is 0 Å². The topological polar surface area (TPSA) is 73.2 Å². The van der Waals surface area contributed by atoms with Gasteiger partial charge in [0.05, 0.1) is 25.3 Å². The van der Waals surface area contributed by atoms with E-state index in [-0.39, 0.29) is 0 Å². The summed E-state index contributed by atoms with van der Waals surface area (Å²) in [4.78, 5) is 8.13. The minimum atomic E-state index is 0.357. The van der Waals surface area contributed by atoms with Gasteiger partial charge in [-0.1, -0.05) is 0 Å². The van der Waals surface area contributed by atoms with Gasteiger partial charge in [0, 0.05) is 24.1 Å². The second-order valence-electron chi connectivity index (χ2n) is 5.46. The summed E-state index contributed by atoms with van der Waals surface area (Å²) in [5.41, 5.74) is 7.88. The predicted octanol–water partition coefficient (Wildman–Crippen LogP) is 2.57. The van der Waals surface area contributed by atoms with Crippen molar-refractivity contribution >= 4 is 11.0 Å². The van der Waals surface area contributed by atoms with E-state index in [9.17, 15) is 0 Å². The molecule has 0 amide bonds. The van der Waals surface area contributed by atoms with Crippen molar-refractivity contribution in [1.82, 2.24) is 9.97 Å². The molecule has 1 fully saturated rings. The second kappa shape index (κ2) is 5.32. The van der Waals surface area contributed by atoms with Crippen LogP contribution < -0.4 is 15.2 Å². The van der Waals surface area contributed by atoms with Crippen LogP contribution in [0, 0.1) is 0 Å². The molecule has 5 nitrogen and oxygen atoms in total. The van der Waals surface area contributed by atoms with Crippen LogP contribution in [0.5, 0.6) is 11.5 Å². The predicted molar refractivity (Wildman–Crippen MR) is 78.4 cm³/mol. The molecule has 0 spiro atoms. The van der Waals surface area contributed by atoms with E-state index in [0.717, 1.165) is 48.3 Å². The summed E-state index contributed by atoms with van der Waals surface area (Å²) >= 11 is 0. The van der Waals surface area contributed by atoms with E-state index in [1.165, 1.54) is 0 Å². The normalized spacial score (nSPS) is 22.9. The van der Waals surface area contributed by atoms with Crippen LogP contribution in [0.25, 0.3) is 11.0 Å². The Labute approximate surface area is 118 Å². The Hall–Kier alpha value is -1.75. The van der Waals surface area contributed by atoms with E-state index in [1.54, 1.807) is 14.2 Å². The zero-order valence-corrected chi connectivity index (χ0v) is 12.0. The molecular weight excluding hydrogens is 254 g/mol. The summed E-state index contributed by atoms with van der Waals surface area (Å²) in [5, 5.41) is 0. The van der Waals surface area contributed by atoms with Crippen molar-refractivity contribution in [3.05, 3.63) is 18.0 Å². The van der Waals surface area contributed by atoms with Crippen LogP contribution >= 0.6 is 0 Å². The minimum Gasteiger partial charge on any atom is -0.493 e. The maximum Gasteiger partial charge on any atom is 0.163 e. The molecular formula is C15H21N3O2. The second-order valence-corrected chi connectivity index (χ2v) is 5.46. The lowest BCUT2D eigenvalue weighted by molar-refractivity contribution is 0.356. The van der Waals surface area contributed by atoms with Crippen LogP contribution in [-0.2, 0) is 0 Å². The lowest BCUT2D eigenvalue weighted by Crippen LogP contribution is -2.26. The van der Waals surface area contributed by atoms with Crippen molar-refractivity contribution in [3.8, 4) is 11.5 Å². The lowest BCUT2D eigenvalue weighted by atomic mass is 9.86. The summed E-state index contributed by atoms with van der Waals surface area (Å²) in [6, 6.07) is 4.22. The fourth-order valence-electron chi connectivity index (χ4n) is 2.94. The van der Waals surface area contributed by atoms with Crippen LogP contribution in [0.15, 0.2) is 12.1 Å². The number of nitrogens with zero attached hydrogens (tertiary/aromatic N) is 1. The molecule has 20 heavy (non-hydrogen) atoms. The highest BCUT2D eigenvalue weighted by Gasteiger charge is 2.23. The Bertz CT molecular complexity index is 559. The largest absolute Gasteiger partial charge is 0.493 e. The smallest absolute Gasteiger partial charge is 0.163 e. The van der Waals surface area contributed by atoms with Gasteiger partial charge in [0.2, 0.25) is 0 Å². The molecule has 1 aromatic heterocycles. The summed E-state index contributed by atoms with van der Waals surface area (Å²) in [6.07, 6.45) is 4.37. The Morgan fingerprint density at radius 2 is 1.75 bits per heavy atom. The molecule has 0 bridgehead atoms. The number of methoxy groups -OCH3 is 2. The molecule has 1 saturated carbocycles. The Kier molecular flexibility index (Phi) is 3.53. The lowest BCUT2D eigenvalue weighted by Gasteiger charge is -2.24. The zero-order valence-electron chi connectivity index (χ0n) is 12.0. The van der Waals surface area contributed by atoms with Gasteiger partial charge in [-0.25, -0.2) is 4.98 Å². The number of rotatable bonds is 3. The van der Waals surface area contributed by atoms with Gasteiger partial charge in [0.1, 0.15) is 5.82 Å². The number of imidazole rings is 1. The van der Waals surface area contributed by atoms with Crippen LogP contribution in [0.1, 0.15) is 37.4 Å². The quantitative estimate of drug-likeness (QED) is 0.903. The summed E-state index contributed by atoms with van der Waals surface area (Å²) in [7, 11) is 3.28. The number of aromatic nitrogens is 2. The number of benzene rings is 1. The number of nitrogens with two attached hydrogens (primary N) is 1. The van der Waals surface area contributed by atoms with Crippen molar-refractivity contribution in [2.24, 2.45) is 5.73 Å². The molecule has 0 saturated heterocycles. The van der Waals surface area contributed by atoms with Crippen molar-refractivity contribution in [3.63, 3.8) is 0 Å². The fraction of sp³-hybridized carbons (Fsp3) is 0.533. The van der Waals surface area contributed by atoms with E-state index < -0.39 is 0 Å². The molecule has 0 unspecified atom stereocenters. The van der Waals surface area contributed by atoms with E-state index in [1.807, 2.05) is 12.1 Å². The van der Waals surface area contributed by atoms with Crippen LogP contribution in [-0.4, -0.2) is 30.2 Å².